The van der Waals surface area contributed by atoms with Crippen LogP contribution in [0.2, 0.25) is 0 Å². The summed E-state index contributed by atoms with van der Waals surface area (Å²) in [7, 11) is -3.92. The van der Waals surface area contributed by atoms with Gasteiger partial charge in [-0.3, -0.25) is 9.52 Å². The third-order valence-electron chi connectivity index (χ3n) is 4.61. The van der Waals surface area contributed by atoms with Crippen LogP contribution in [0.3, 0.4) is 0 Å². The summed E-state index contributed by atoms with van der Waals surface area (Å²) in [5.41, 5.74) is 1.66. The molecule has 146 valence electrons. The van der Waals surface area contributed by atoms with Crippen LogP contribution in [-0.4, -0.2) is 43.9 Å². The maximum Gasteiger partial charge on any atom is 0.264 e. The summed E-state index contributed by atoms with van der Waals surface area (Å²) in [4.78, 5) is 17.7. The number of aromatic amines is 1. The van der Waals surface area contributed by atoms with Gasteiger partial charge < -0.3 is 14.6 Å². The van der Waals surface area contributed by atoms with Gasteiger partial charge in [-0.1, -0.05) is 0 Å². The van der Waals surface area contributed by atoms with Crippen molar-refractivity contribution in [2.45, 2.75) is 38.5 Å². The second-order valence-corrected chi connectivity index (χ2v) is 8.26. The first-order chi connectivity index (χ1) is 12.8. The van der Waals surface area contributed by atoms with Crippen LogP contribution < -0.4 is 9.46 Å². The second-order valence-electron chi connectivity index (χ2n) is 6.64. The molecule has 0 aliphatic carbocycles. The van der Waals surface area contributed by atoms with E-state index in [1.54, 1.807) is 43.0 Å². The number of sulfonamides is 1. The number of ether oxygens (including phenoxy) is 1. The fourth-order valence-corrected chi connectivity index (χ4v) is 4.93. The third-order valence-corrected chi connectivity index (χ3v) is 6.16. The third kappa shape index (κ3) is 3.95. The SMILES string of the molecule is CCOc1ccc(NS(=O)(=O)c2c(C)[nH]c(C)c2C(=O)N2CCCC2)cc1. The number of likely N-dealkylation sites (tertiary alicyclic amines) is 1. The Labute approximate surface area is 159 Å². The second kappa shape index (κ2) is 7.64. The van der Waals surface area contributed by atoms with Crippen LogP contribution in [0.15, 0.2) is 29.2 Å². The molecule has 1 aliphatic rings. The van der Waals surface area contributed by atoms with Crippen molar-refractivity contribution >= 4 is 21.6 Å². The van der Waals surface area contributed by atoms with Crippen LogP contribution >= 0.6 is 0 Å². The first-order valence-corrected chi connectivity index (χ1v) is 10.6. The molecule has 2 aromatic rings. The number of aromatic nitrogens is 1. The highest BCUT2D eigenvalue weighted by Gasteiger charge is 2.32. The molecular weight excluding hydrogens is 366 g/mol. The number of hydrogen-bond donors (Lipinski definition) is 2. The number of nitrogens with zero attached hydrogens (tertiary/aromatic N) is 1. The van der Waals surface area contributed by atoms with Gasteiger partial charge in [-0.05, 0) is 57.9 Å². The molecule has 1 aliphatic heterocycles. The number of aryl methyl sites for hydroxylation is 2. The Morgan fingerprint density at radius 3 is 2.37 bits per heavy atom. The quantitative estimate of drug-likeness (QED) is 0.792. The summed E-state index contributed by atoms with van der Waals surface area (Å²) in [5, 5.41) is 0. The van der Waals surface area contributed by atoms with E-state index in [9.17, 15) is 13.2 Å². The van der Waals surface area contributed by atoms with Crippen molar-refractivity contribution in [3.05, 3.63) is 41.2 Å². The molecule has 2 N–H and O–H groups in total. The van der Waals surface area contributed by atoms with Gasteiger partial charge in [0, 0.05) is 30.2 Å². The summed E-state index contributed by atoms with van der Waals surface area (Å²) < 4.78 is 34.0. The van der Waals surface area contributed by atoms with E-state index in [0.717, 1.165) is 12.8 Å². The molecular formula is C19H25N3O4S. The minimum Gasteiger partial charge on any atom is -0.494 e. The van der Waals surface area contributed by atoms with Gasteiger partial charge in [0.2, 0.25) is 0 Å². The molecule has 27 heavy (non-hydrogen) atoms. The molecule has 1 saturated heterocycles. The molecule has 1 aromatic heterocycles. The lowest BCUT2D eigenvalue weighted by molar-refractivity contribution is 0.0788. The Morgan fingerprint density at radius 2 is 1.78 bits per heavy atom. The highest BCUT2D eigenvalue weighted by molar-refractivity contribution is 7.92. The molecule has 0 spiro atoms. The summed E-state index contributed by atoms with van der Waals surface area (Å²) in [6.07, 6.45) is 1.89. The maximum absolute atomic E-state index is 13.1. The molecule has 2 heterocycles. The fraction of sp³-hybridized carbons (Fsp3) is 0.421. The Bertz CT molecular complexity index is 927. The van der Waals surface area contributed by atoms with Gasteiger partial charge in [0.05, 0.1) is 12.2 Å². The van der Waals surface area contributed by atoms with E-state index < -0.39 is 10.0 Å². The number of benzene rings is 1. The normalized spacial score (nSPS) is 14.4. The smallest absolute Gasteiger partial charge is 0.264 e. The molecule has 0 bridgehead atoms. The predicted molar refractivity (Wildman–Crippen MR) is 104 cm³/mol. The van der Waals surface area contributed by atoms with Crippen LogP contribution in [0.25, 0.3) is 0 Å². The van der Waals surface area contributed by atoms with Gasteiger partial charge >= 0.3 is 0 Å². The van der Waals surface area contributed by atoms with Crippen LogP contribution in [0, 0.1) is 13.8 Å². The van der Waals surface area contributed by atoms with Crippen molar-refractivity contribution in [1.82, 2.24) is 9.88 Å². The minimum absolute atomic E-state index is 0.0192. The number of carbonyl (C=O) groups excluding carboxylic acids is 1. The number of anilines is 1. The van der Waals surface area contributed by atoms with Crippen molar-refractivity contribution in [1.29, 1.82) is 0 Å². The molecule has 7 nitrogen and oxygen atoms in total. The van der Waals surface area contributed by atoms with Crippen molar-refractivity contribution in [2.75, 3.05) is 24.4 Å². The number of H-pyrrole nitrogens is 1. The van der Waals surface area contributed by atoms with Crippen molar-refractivity contribution in [3.8, 4) is 5.75 Å². The Kier molecular flexibility index (Phi) is 5.46. The van der Waals surface area contributed by atoms with Gasteiger partial charge in [-0.15, -0.1) is 0 Å². The Hall–Kier alpha value is -2.48. The van der Waals surface area contributed by atoms with E-state index in [1.807, 2.05) is 6.92 Å². The highest BCUT2D eigenvalue weighted by Crippen LogP contribution is 2.28. The Balaban J connectivity index is 1.93. The summed E-state index contributed by atoms with van der Waals surface area (Å²) in [6.45, 7) is 7.14. The molecule has 8 heteroatoms. The van der Waals surface area contributed by atoms with Crippen molar-refractivity contribution < 1.29 is 17.9 Å². The first-order valence-electron chi connectivity index (χ1n) is 9.07. The molecule has 3 rings (SSSR count). The van der Waals surface area contributed by atoms with Crippen LogP contribution in [0.1, 0.15) is 41.5 Å². The van der Waals surface area contributed by atoms with Gasteiger partial charge in [-0.25, -0.2) is 8.42 Å². The van der Waals surface area contributed by atoms with E-state index in [1.165, 1.54) is 0 Å². The van der Waals surface area contributed by atoms with Crippen LogP contribution in [0.4, 0.5) is 5.69 Å². The van der Waals surface area contributed by atoms with Gasteiger partial charge in [0.1, 0.15) is 10.6 Å². The largest absolute Gasteiger partial charge is 0.494 e. The first kappa shape index (κ1) is 19.3. The average molecular weight is 391 g/mol. The standard InChI is InChI=1S/C19H25N3O4S/c1-4-26-16-9-7-15(8-10-16)21-27(24,25)18-14(3)20-13(2)17(18)19(23)22-11-5-6-12-22/h7-10,20-21H,4-6,11-12H2,1-3H3. The number of hydrogen-bond acceptors (Lipinski definition) is 4. The lowest BCUT2D eigenvalue weighted by Gasteiger charge is -2.17. The molecule has 0 atom stereocenters. The highest BCUT2D eigenvalue weighted by atomic mass is 32.2. The number of carbonyl (C=O) groups is 1. The van der Waals surface area contributed by atoms with E-state index in [-0.39, 0.29) is 16.4 Å². The summed E-state index contributed by atoms with van der Waals surface area (Å²) in [6, 6.07) is 6.68. The Morgan fingerprint density at radius 1 is 1.15 bits per heavy atom. The lowest BCUT2D eigenvalue weighted by Crippen LogP contribution is -2.29. The van der Waals surface area contributed by atoms with Crippen molar-refractivity contribution in [2.24, 2.45) is 0 Å². The zero-order valence-corrected chi connectivity index (χ0v) is 16.6. The molecule has 0 radical (unpaired) electrons. The van der Waals surface area contributed by atoms with Gasteiger partial charge in [0.15, 0.2) is 0 Å². The van der Waals surface area contributed by atoms with E-state index in [4.69, 9.17) is 4.74 Å². The maximum atomic E-state index is 13.1. The zero-order valence-electron chi connectivity index (χ0n) is 15.8. The number of rotatable bonds is 6. The zero-order chi connectivity index (χ0) is 19.6. The van der Waals surface area contributed by atoms with Crippen molar-refractivity contribution in [3.63, 3.8) is 0 Å². The molecule has 1 amide bonds. The van der Waals surface area contributed by atoms with E-state index >= 15 is 0 Å². The average Bonchev–Trinajstić information content (AvgIpc) is 3.24. The van der Waals surface area contributed by atoms with Crippen LogP contribution in [-0.2, 0) is 10.0 Å². The van der Waals surface area contributed by atoms with Gasteiger partial charge in [-0.2, -0.15) is 0 Å². The van der Waals surface area contributed by atoms with Crippen LogP contribution in [0.5, 0.6) is 5.75 Å². The molecule has 1 fully saturated rings. The lowest BCUT2D eigenvalue weighted by atomic mass is 10.2. The monoisotopic (exact) mass is 391 g/mol. The topological polar surface area (TPSA) is 91.5 Å². The minimum atomic E-state index is -3.92. The van der Waals surface area contributed by atoms with Gasteiger partial charge in [0.25, 0.3) is 15.9 Å². The predicted octanol–water partition coefficient (Wildman–Crippen LogP) is 3.07. The fourth-order valence-electron chi connectivity index (χ4n) is 3.42. The summed E-state index contributed by atoms with van der Waals surface area (Å²) >= 11 is 0. The number of nitrogens with one attached hydrogen (secondary N) is 2. The van der Waals surface area contributed by atoms with E-state index in [2.05, 4.69) is 9.71 Å². The van der Waals surface area contributed by atoms with E-state index in [0.29, 0.717) is 42.5 Å². The molecule has 1 aromatic carbocycles. The number of amides is 1. The molecule has 0 saturated carbocycles. The molecule has 0 unspecified atom stereocenters. The summed E-state index contributed by atoms with van der Waals surface area (Å²) in [5.74, 6) is 0.431.